The van der Waals surface area contributed by atoms with E-state index >= 15 is 0 Å². The highest BCUT2D eigenvalue weighted by molar-refractivity contribution is 6.03. The van der Waals surface area contributed by atoms with Gasteiger partial charge in [0.1, 0.15) is 5.75 Å². The van der Waals surface area contributed by atoms with E-state index in [-0.39, 0.29) is 29.1 Å². The van der Waals surface area contributed by atoms with Crippen LogP contribution in [0, 0.1) is 0 Å². The van der Waals surface area contributed by atoms with Crippen LogP contribution in [0.25, 0.3) is 0 Å². The number of hydrogen-bond acceptors (Lipinski definition) is 6. The molecule has 0 bridgehead atoms. The van der Waals surface area contributed by atoms with Crippen LogP contribution in [0.3, 0.4) is 0 Å². The molecule has 0 heterocycles. The van der Waals surface area contributed by atoms with Crippen molar-refractivity contribution in [1.82, 2.24) is 0 Å². The number of para-hydroxylation sites is 1. The zero-order valence-corrected chi connectivity index (χ0v) is 15.2. The Balaban J connectivity index is 1.97. The highest BCUT2D eigenvalue weighted by Gasteiger charge is 2.17. The van der Waals surface area contributed by atoms with Crippen molar-refractivity contribution in [3.8, 4) is 5.75 Å². The third kappa shape index (κ3) is 5.85. The van der Waals surface area contributed by atoms with Crippen LogP contribution in [-0.2, 0) is 14.3 Å². The summed E-state index contributed by atoms with van der Waals surface area (Å²) < 4.78 is 14.9. The summed E-state index contributed by atoms with van der Waals surface area (Å²) in [6.07, 6.45) is 0.681. The number of carbonyl (C=O) groups is 3. The molecule has 2 rings (SSSR count). The van der Waals surface area contributed by atoms with E-state index < -0.39 is 11.9 Å². The number of methoxy groups -OCH3 is 2. The Bertz CT molecular complexity index is 803. The van der Waals surface area contributed by atoms with Gasteiger partial charge in [-0.1, -0.05) is 18.2 Å². The van der Waals surface area contributed by atoms with Crippen LogP contribution in [0.5, 0.6) is 5.75 Å². The molecule has 0 atom stereocenters. The van der Waals surface area contributed by atoms with Crippen LogP contribution >= 0.6 is 0 Å². The Kier molecular flexibility index (Phi) is 7.37. The fourth-order valence-corrected chi connectivity index (χ4v) is 2.33. The Morgan fingerprint density at radius 1 is 0.926 bits per heavy atom. The van der Waals surface area contributed by atoms with Crippen molar-refractivity contribution in [2.75, 3.05) is 26.1 Å². The fourth-order valence-electron chi connectivity index (χ4n) is 2.33. The van der Waals surface area contributed by atoms with Crippen molar-refractivity contribution in [3.05, 3.63) is 59.7 Å². The van der Waals surface area contributed by atoms with Gasteiger partial charge >= 0.3 is 11.9 Å². The molecule has 7 heteroatoms. The van der Waals surface area contributed by atoms with Gasteiger partial charge in [-0.3, -0.25) is 4.79 Å². The second-order valence-corrected chi connectivity index (χ2v) is 5.56. The van der Waals surface area contributed by atoms with Gasteiger partial charge in [0, 0.05) is 6.42 Å². The van der Waals surface area contributed by atoms with Crippen molar-refractivity contribution in [2.24, 2.45) is 0 Å². The second kappa shape index (κ2) is 9.96. The van der Waals surface area contributed by atoms with Crippen molar-refractivity contribution in [3.63, 3.8) is 0 Å². The van der Waals surface area contributed by atoms with Gasteiger partial charge in [0.2, 0.25) is 5.91 Å². The molecule has 0 fully saturated rings. The van der Waals surface area contributed by atoms with Crippen LogP contribution < -0.4 is 10.1 Å². The third-order valence-corrected chi connectivity index (χ3v) is 3.68. The van der Waals surface area contributed by atoms with Gasteiger partial charge in [0.05, 0.1) is 37.6 Å². The summed E-state index contributed by atoms with van der Waals surface area (Å²) in [5, 5.41) is 2.64. The average molecular weight is 371 g/mol. The summed E-state index contributed by atoms with van der Waals surface area (Å²) in [6.45, 7) is 0.378. The molecule has 0 aliphatic heterocycles. The van der Waals surface area contributed by atoms with Crippen LogP contribution in [0.2, 0.25) is 0 Å². The Morgan fingerprint density at radius 3 is 2.30 bits per heavy atom. The largest absolute Gasteiger partial charge is 0.494 e. The molecule has 0 aliphatic rings. The fraction of sp³-hybridized carbons (Fsp3) is 0.250. The maximum Gasteiger partial charge on any atom is 0.339 e. The Hall–Kier alpha value is -3.35. The molecule has 2 aromatic carbocycles. The van der Waals surface area contributed by atoms with E-state index in [0.29, 0.717) is 13.0 Å². The van der Waals surface area contributed by atoms with Crippen LogP contribution in [0.15, 0.2) is 48.5 Å². The van der Waals surface area contributed by atoms with Crippen LogP contribution in [0.4, 0.5) is 5.69 Å². The van der Waals surface area contributed by atoms with Gasteiger partial charge in [-0.25, -0.2) is 9.59 Å². The molecule has 0 saturated heterocycles. The molecule has 0 saturated carbocycles. The Labute approximate surface area is 157 Å². The van der Waals surface area contributed by atoms with Gasteiger partial charge in [-0.2, -0.15) is 0 Å². The number of anilines is 1. The number of ether oxygens (including phenoxy) is 3. The smallest absolute Gasteiger partial charge is 0.339 e. The monoisotopic (exact) mass is 371 g/mol. The summed E-state index contributed by atoms with van der Waals surface area (Å²) in [4.78, 5) is 35.8. The normalized spacial score (nSPS) is 10.0. The van der Waals surface area contributed by atoms with Crippen LogP contribution in [0.1, 0.15) is 33.6 Å². The van der Waals surface area contributed by atoms with Gasteiger partial charge < -0.3 is 19.5 Å². The van der Waals surface area contributed by atoms with Gasteiger partial charge in [-0.05, 0) is 36.8 Å². The standard InChI is InChI=1S/C20H21NO6/c1-25-19(23)14-10-11-16(20(24)26-2)17(13-14)21-18(22)9-6-12-27-15-7-4-3-5-8-15/h3-5,7-8,10-11,13H,6,9,12H2,1-2H3,(H,21,22). The predicted octanol–water partition coefficient (Wildman–Crippen LogP) is 3.06. The molecule has 27 heavy (non-hydrogen) atoms. The lowest BCUT2D eigenvalue weighted by molar-refractivity contribution is -0.116. The zero-order chi connectivity index (χ0) is 19.6. The lowest BCUT2D eigenvalue weighted by Crippen LogP contribution is -2.17. The SMILES string of the molecule is COC(=O)c1ccc(C(=O)OC)c(NC(=O)CCCOc2ccccc2)c1. The van der Waals surface area contributed by atoms with Crippen molar-refractivity contribution in [2.45, 2.75) is 12.8 Å². The lowest BCUT2D eigenvalue weighted by atomic mass is 10.1. The van der Waals surface area contributed by atoms with Gasteiger partial charge in [0.25, 0.3) is 0 Å². The van der Waals surface area contributed by atoms with E-state index in [0.717, 1.165) is 5.75 Å². The summed E-state index contributed by atoms with van der Waals surface area (Å²) in [5.41, 5.74) is 0.561. The van der Waals surface area contributed by atoms with Crippen molar-refractivity contribution in [1.29, 1.82) is 0 Å². The number of nitrogens with one attached hydrogen (secondary N) is 1. The first kappa shape index (κ1) is 20.0. The first-order valence-electron chi connectivity index (χ1n) is 8.33. The number of hydrogen-bond donors (Lipinski definition) is 1. The average Bonchev–Trinajstić information content (AvgIpc) is 2.70. The van der Waals surface area contributed by atoms with E-state index in [9.17, 15) is 14.4 Å². The summed E-state index contributed by atoms with van der Waals surface area (Å²) in [5.74, 6) is -0.761. The van der Waals surface area contributed by atoms with Gasteiger partial charge in [0.15, 0.2) is 0 Å². The maximum atomic E-state index is 12.2. The topological polar surface area (TPSA) is 90.9 Å². The van der Waals surface area contributed by atoms with E-state index in [1.165, 1.54) is 32.4 Å². The minimum absolute atomic E-state index is 0.152. The maximum absolute atomic E-state index is 12.2. The molecule has 0 unspecified atom stereocenters. The third-order valence-electron chi connectivity index (χ3n) is 3.68. The molecule has 0 radical (unpaired) electrons. The van der Waals surface area contributed by atoms with Crippen molar-refractivity contribution < 1.29 is 28.6 Å². The molecule has 7 nitrogen and oxygen atoms in total. The molecule has 0 spiro atoms. The highest BCUT2D eigenvalue weighted by atomic mass is 16.5. The van der Waals surface area contributed by atoms with Crippen molar-refractivity contribution >= 4 is 23.5 Å². The number of rotatable bonds is 8. The quantitative estimate of drug-likeness (QED) is 0.566. The highest BCUT2D eigenvalue weighted by Crippen LogP contribution is 2.20. The van der Waals surface area contributed by atoms with Crippen LogP contribution in [-0.4, -0.2) is 38.7 Å². The molecular formula is C20H21NO6. The molecule has 2 aromatic rings. The zero-order valence-electron chi connectivity index (χ0n) is 15.2. The summed E-state index contributed by atoms with van der Waals surface area (Å²) in [6, 6.07) is 13.5. The number of benzene rings is 2. The van der Waals surface area contributed by atoms with E-state index in [2.05, 4.69) is 10.1 Å². The molecular weight excluding hydrogens is 350 g/mol. The summed E-state index contributed by atoms with van der Waals surface area (Å²) >= 11 is 0. The molecule has 1 amide bonds. The number of carbonyl (C=O) groups excluding carboxylic acids is 3. The lowest BCUT2D eigenvalue weighted by Gasteiger charge is -2.11. The minimum Gasteiger partial charge on any atom is -0.494 e. The van der Waals surface area contributed by atoms with E-state index in [4.69, 9.17) is 9.47 Å². The van der Waals surface area contributed by atoms with E-state index in [1.807, 2.05) is 30.3 Å². The number of esters is 2. The second-order valence-electron chi connectivity index (χ2n) is 5.56. The molecule has 0 aliphatic carbocycles. The number of amides is 1. The molecule has 1 N–H and O–H groups in total. The molecule has 0 aromatic heterocycles. The summed E-state index contributed by atoms with van der Waals surface area (Å²) in [7, 11) is 2.49. The van der Waals surface area contributed by atoms with Gasteiger partial charge in [-0.15, -0.1) is 0 Å². The Morgan fingerprint density at radius 2 is 1.63 bits per heavy atom. The first-order chi connectivity index (χ1) is 13.0. The van der Waals surface area contributed by atoms with E-state index in [1.54, 1.807) is 0 Å². The molecule has 142 valence electrons. The predicted molar refractivity (Wildman–Crippen MR) is 98.9 cm³/mol. The first-order valence-corrected chi connectivity index (χ1v) is 8.33. The minimum atomic E-state index is -0.617.